The number of hydrogen-bond donors (Lipinski definition) is 1. The summed E-state index contributed by atoms with van der Waals surface area (Å²) in [4.78, 5) is 19.1. The van der Waals surface area contributed by atoms with Gasteiger partial charge in [0.15, 0.2) is 0 Å². The lowest BCUT2D eigenvalue weighted by atomic mass is 10.2. The Morgan fingerprint density at radius 3 is 3.09 bits per heavy atom. The minimum absolute atomic E-state index is 0.0477. The third-order valence-electron chi connectivity index (χ3n) is 4.44. The Bertz CT molecular complexity index is 856. The number of benzene rings is 1. The van der Waals surface area contributed by atoms with Gasteiger partial charge in [0, 0.05) is 18.0 Å². The predicted molar refractivity (Wildman–Crippen MR) is 93.1 cm³/mol. The molecule has 2 aromatic heterocycles. The maximum absolute atomic E-state index is 12.3. The fourth-order valence-electron chi connectivity index (χ4n) is 3.29. The summed E-state index contributed by atoms with van der Waals surface area (Å²) in [6.45, 7) is 3.36. The number of aromatic nitrogens is 2. The van der Waals surface area contributed by atoms with Crippen LogP contribution in [0.5, 0.6) is 0 Å². The molecule has 0 bridgehead atoms. The van der Waals surface area contributed by atoms with E-state index in [2.05, 4.69) is 27.0 Å². The maximum atomic E-state index is 12.3. The molecular formula is C18H19N3OS. The second-order valence-corrected chi connectivity index (χ2v) is 7.10. The van der Waals surface area contributed by atoms with Crippen LogP contribution in [0.2, 0.25) is 0 Å². The van der Waals surface area contributed by atoms with Gasteiger partial charge in [0.1, 0.15) is 5.82 Å². The number of aryl methyl sites for hydroxylation is 3. The largest absolute Gasteiger partial charge is 0.350 e. The summed E-state index contributed by atoms with van der Waals surface area (Å²) < 4.78 is 2.16. The molecule has 1 aliphatic rings. The van der Waals surface area contributed by atoms with E-state index in [-0.39, 0.29) is 5.91 Å². The lowest BCUT2D eigenvalue weighted by Crippen LogP contribution is -2.26. The smallest absolute Gasteiger partial charge is 0.261 e. The van der Waals surface area contributed by atoms with Crippen molar-refractivity contribution in [3.63, 3.8) is 0 Å². The van der Waals surface area contributed by atoms with Gasteiger partial charge in [-0.25, -0.2) is 4.98 Å². The SMILES string of the molecule is Cc1nc2ccccc2n1CCNC(=O)c1cc2c(s1)CCC2. The van der Waals surface area contributed by atoms with Crippen molar-refractivity contribution in [3.05, 3.63) is 51.5 Å². The van der Waals surface area contributed by atoms with E-state index in [9.17, 15) is 4.79 Å². The van der Waals surface area contributed by atoms with Crippen molar-refractivity contribution in [2.45, 2.75) is 32.7 Å². The fourth-order valence-corrected chi connectivity index (χ4v) is 4.46. The van der Waals surface area contributed by atoms with Crippen molar-refractivity contribution in [3.8, 4) is 0 Å². The molecule has 0 aliphatic heterocycles. The van der Waals surface area contributed by atoms with Crippen molar-refractivity contribution in [1.82, 2.24) is 14.9 Å². The first-order valence-corrected chi connectivity index (χ1v) is 8.85. The molecule has 1 amide bonds. The molecule has 0 unspecified atom stereocenters. The van der Waals surface area contributed by atoms with Crippen LogP contribution in [0, 0.1) is 6.92 Å². The fraction of sp³-hybridized carbons (Fsp3) is 0.333. The molecule has 3 aromatic rings. The Morgan fingerprint density at radius 2 is 2.22 bits per heavy atom. The maximum Gasteiger partial charge on any atom is 0.261 e. The molecule has 2 heterocycles. The number of nitrogens with zero attached hydrogens (tertiary/aromatic N) is 2. The van der Waals surface area contributed by atoms with Gasteiger partial charge in [-0.2, -0.15) is 0 Å². The van der Waals surface area contributed by atoms with Crippen molar-refractivity contribution in [2.24, 2.45) is 0 Å². The van der Waals surface area contributed by atoms with E-state index in [1.165, 1.54) is 16.9 Å². The minimum Gasteiger partial charge on any atom is -0.350 e. The number of rotatable bonds is 4. The summed E-state index contributed by atoms with van der Waals surface area (Å²) in [5, 5.41) is 3.04. The molecule has 0 saturated heterocycles. The molecule has 0 fully saturated rings. The van der Waals surface area contributed by atoms with Gasteiger partial charge in [-0.15, -0.1) is 11.3 Å². The molecule has 118 valence electrons. The van der Waals surface area contributed by atoms with Gasteiger partial charge in [0.2, 0.25) is 0 Å². The van der Waals surface area contributed by atoms with E-state index in [1.807, 2.05) is 25.1 Å². The molecule has 1 N–H and O–H groups in total. The molecule has 0 radical (unpaired) electrons. The van der Waals surface area contributed by atoms with E-state index in [4.69, 9.17) is 0 Å². The number of hydrogen-bond acceptors (Lipinski definition) is 3. The average Bonchev–Trinajstić information content (AvgIpc) is 3.20. The summed E-state index contributed by atoms with van der Waals surface area (Å²) in [6, 6.07) is 10.2. The number of fused-ring (bicyclic) bond motifs is 2. The minimum atomic E-state index is 0.0477. The standard InChI is InChI=1S/C18H19N3OS/c1-12-20-14-6-2-3-7-15(14)21(12)10-9-19-18(22)17-11-13-5-4-8-16(13)23-17/h2-3,6-7,11H,4-5,8-10H2,1H3,(H,19,22). The van der Waals surface area contributed by atoms with Crippen LogP contribution in [0.25, 0.3) is 11.0 Å². The molecule has 0 spiro atoms. The molecule has 4 rings (SSSR count). The first-order chi connectivity index (χ1) is 11.2. The monoisotopic (exact) mass is 325 g/mol. The highest BCUT2D eigenvalue weighted by Crippen LogP contribution is 2.30. The van der Waals surface area contributed by atoms with Gasteiger partial charge in [-0.05, 0) is 49.9 Å². The Kier molecular flexibility index (Phi) is 3.65. The molecule has 23 heavy (non-hydrogen) atoms. The molecule has 4 nitrogen and oxygen atoms in total. The Hall–Kier alpha value is -2.14. The highest BCUT2D eigenvalue weighted by molar-refractivity contribution is 7.14. The van der Waals surface area contributed by atoms with Crippen molar-refractivity contribution < 1.29 is 4.79 Å². The molecule has 5 heteroatoms. The lowest BCUT2D eigenvalue weighted by molar-refractivity contribution is 0.0956. The number of carbonyl (C=O) groups excluding carboxylic acids is 1. The van der Waals surface area contributed by atoms with Gasteiger partial charge < -0.3 is 9.88 Å². The number of nitrogens with one attached hydrogen (secondary N) is 1. The van der Waals surface area contributed by atoms with Crippen molar-refractivity contribution >= 4 is 28.3 Å². The zero-order valence-electron chi connectivity index (χ0n) is 13.1. The summed E-state index contributed by atoms with van der Waals surface area (Å²) in [6.07, 6.45) is 3.49. The highest BCUT2D eigenvalue weighted by atomic mass is 32.1. The van der Waals surface area contributed by atoms with E-state index in [1.54, 1.807) is 11.3 Å². The second-order valence-electron chi connectivity index (χ2n) is 5.97. The van der Waals surface area contributed by atoms with Crippen LogP contribution in [0.1, 0.15) is 32.4 Å². The van der Waals surface area contributed by atoms with E-state index in [0.29, 0.717) is 6.54 Å². The Labute approximate surface area is 139 Å². The lowest BCUT2D eigenvalue weighted by Gasteiger charge is -2.08. The van der Waals surface area contributed by atoms with Gasteiger partial charge in [-0.3, -0.25) is 4.79 Å². The molecule has 1 aliphatic carbocycles. The molecule has 0 atom stereocenters. The van der Waals surface area contributed by atoms with Gasteiger partial charge >= 0.3 is 0 Å². The summed E-state index contributed by atoms with van der Waals surface area (Å²) in [7, 11) is 0. The van der Waals surface area contributed by atoms with Crippen LogP contribution in [0.4, 0.5) is 0 Å². The number of amides is 1. The van der Waals surface area contributed by atoms with Crippen LogP contribution in [-0.4, -0.2) is 22.0 Å². The second kappa shape index (κ2) is 5.81. The van der Waals surface area contributed by atoms with Crippen LogP contribution < -0.4 is 5.32 Å². The number of carbonyl (C=O) groups is 1. The third kappa shape index (κ3) is 2.65. The van der Waals surface area contributed by atoms with Crippen molar-refractivity contribution in [1.29, 1.82) is 0 Å². The van der Waals surface area contributed by atoms with Crippen molar-refractivity contribution in [2.75, 3.05) is 6.54 Å². The van der Waals surface area contributed by atoms with Gasteiger partial charge in [0.25, 0.3) is 5.91 Å². The van der Waals surface area contributed by atoms with Crippen LogP contribution in [0.15, 0.2) is 30.3 Å². The summed E-state index contributed by atoms with van der Waals surface area (Å²) in [5.74, 6) is 1.03. The summed E-state index contributed by atoms with van der Waals surface area (Å²) >= 11 is 1.65. The van der Waals surface area contributed by atoms with Crippen LogP contribution in [-0.2, 0) is 19.4 Å². The molecule has 0 saturated carbocycles. The van der Waals surface area contributed by atoms with E-state index in [0.717, 1.165) is 41.1 Å². The highest BCUT2D eigenvalue weighted by Gasteiger charge is 2.18. The predicted octanol–water partition coefficient (Wildman–Crippen LogP) is 3.32. The van der Waals surface area contributed by atoms with Crippen LogP contribution in [0.3, 0.4) is 0 Å². The van der Waals surface area contributed by atoms with E-state index >= 15 is 0 Å². The first kappa shape index (κ1) is 14.5. The quantitative estimate of drug-likeness (QED) is 0.800. The summed E-state index contributed by atoms with van der Waals surface area (Å²) in [5.41, 5.74) is 3.50. The average molecular weight is 325 g/mol. The number of imidazole rings is 1. The zero-order chi connectivity index (χ0) is 15.8. The van der Waals surface area contributed by atoms with Crippen LogP contribution >= 0.6 is 11.3 Å². The van der Waals surface area contributed by atoms with Gasteiger partial charge in [0.05, 0.1) is 15.9 Å². The molecular weight excluding hydrogens is 306 g/mol. The van der Waals surface area contributed by atoms with Gasteiger partial charge in [-0.1, -0.05) is 12.1 Å². The normalized spacial score (nSPS) is 13.4. The van der Waals surface area contributed by atoms with E-state index < -0.39 is 0 Å². The topological polar surface area (TPSA) is 46.9 Å². The first-order valence-electron chi connectivity index (χ1n) is 8.04. The molecule has 1 aromatic carbocycles. The zero-order valence-corrected chi connectivity index (χ0v) is 13.9. The third-order valence-corrected chi connectivity index (χ3v) is 5.67. The number of thiophene rings is 1. The Balaban J connectivity index is 1.42. The Morgan fingerprint density at radius 1 is 1.35 bits per heavy atom. The number of para-hydroxylation sites is 2.